The lowest BCUT2D eigenvalue weighted by Gasteiger charge is -1.99. The molecule has 0 amide bonds. The number of aliphatic hydroxyl groups excluding tert-OH is 1. The van der Waals surface area contributed by atoms with Crippen molar-refractivity contribution in [2.45, 2.75) is 13.2 Å². The summed E-state index contributed by atoms with van der Waals surface area (Å²) in [5.41, 5.74) is 0. The van der Waals surface area contributed by atoms with Crippen LogP contribution in [0.2, 0.25) is 0 Å². The number of hydrogen-bond donors (Lipinski definition) is 3. The molecule has 3 N–H and O–H groups in total. The molecule has 0 bridgehead atoms. The van der Waals surface area contributed by atoms with E-state index in [0.717, 1.165) is 6.08 Å². The second-order valence-electron chi connectivity index (χ2n) is 1.51. The van der Waals surface area contributed by atoms with Gasteiger partial charge in [-0.25, -0.2) is 4.79 Å². The maximum absolute atomic E-state index is 9.77. The fraction of sp³-hybridized carbons (Fsp3) is 0.400. The highest BCUT2D eigenvalue weighted by atomic mass is 16.4. The third-order valence-corrected chi connectivity index (χ3v) is 0.563. The monoisotopic (exact) mass is 131 g/mol. The Morgan fingerprint density at radius 2 is 2.33 bits per heavy atom. The minimum Gasteiger partial charge on any atom is -0.478 e. The average Bonchev–Trinajstić information content (AvgIpc) is 1.63. The second-order valence-corrected chi connectivity index (χ2v) is 1.51. The van der Waals surface area contributed by atoms with Crippen LogP contribution in [0.15, 0.2) is 12.3 Å². The van der Waals surface area contributed by atoms with E-state index in [9.17, 15) is 4.79 Å². The van der Waals surface area contributed by atoms with Gasteiger partial charge in [-0.1, -0.05) is 0 Å². The molecular weight excluding hydrogens is 122 g/mol. The quantitative estimate of drug-likeness (QED) is 0.357. The Bertz CT molecular complexity index is 119. The molecule has 0 saturated carbocycles. The molecule has 0 heterocycles. The number of nitrogens with one attached hydrogen (secondary N) is 1. The maximum Gasteiger partial charge on any atom is 0.329 e. The summed E-state index contributed by atoms with van der Waals surface area (Å²) in [7, 11) is 0. The summed E-state index contributed by atoms with van der Waals surface area (Å²) in [6.45, 7) is 1.49. The average molecular weight is 131 g/mol. The third kappa shape index (κ3) is 6.97. The lowest BCUT2D eigenvalue weighted by atomic mass is 10.6. The van der Waals surface area contributed by atoms with Crippen molar-refractivity contribution in [2.24, 2.45) is 0 Å². The van der Waals surface area contributed by atoms with Crippen LogP contribution < -0.4 is 5.32 Å². The van der Waals surface area contributed by atoms with E-state index >= 15 is 0 Å². The van der Waals surface area contributed by atoms with E-state index in [1.165, 1.54) is 13.1 Å². The summed E-state index contributed by atoms with van der Waals surface area (Å²) in [5, 5.41) is 18.9. The predicted molar refractivity (Wildman–Crippen MR) is 31.6 cm³/mol. The van der Waals surface area contributed by atoms with Crippen LogP contribution >= 0.6 is 0 Å². The van der Waals surface area contributed by atoms with Crippen LogP contribution in [0.5, 0.6) is 0 Å². The van der Waals surface area contributed by atoms with Crippen molar-refractivity contribution >= 4 is 5.97 Å². The normalized spacial score (nSPS) is 13.6. The first-order chi connectivity index (χ1) is 4.13. The molecule has 0 spiro atoms. The van der Waals surface area contributed by atoms with Crippen molar-refractivity contribution in [3.8, 4) is 0 Å². The molecule has 0 rings (SSSR count). The molecule has 1 atom stereocenters. The van der Waals surface area contributed by atoms with Gasteiger partial charge < -0.3 is 15.5 Å². The second kappa shape index (κ2) is 3.91. The van der Waals surface area contributed by atoms with Crippen molar-refractivity contribution in [3.05, 3.63) is 12.3 Å². The summed E-state index contributed by atoms with van der Waals surface area (Å²) < 4.78 is 0. The van der Waals surface area contributed by atoms with Crippen molar-refractivity contribution in [1.29, 1.82) is 0 Å². The number of carbonyl (C=O) groups is 1. The summed E-state index contributed by atoms with van der Waals surface area (Å²) in [6.07, 6.45) is 1.38. The van der Waals surface area contributed by atoms with Crippen LogP contribution in [0, 0.1) is 0 Å². The Morgan fingerprint density at radius 1 is 1.78 bits per heavy atom. The molecule has 0 fully saturated rings. The van der Waals surface area contributed by atoms with Crippen molar-refractivity contribution < 1.29 is 15.0 Å². The van der Waals surface area contributed by atoms with Crippen LogP contribution in [0.3, 0.4) is 0 Å². The molecule has 0 radical (unpaired) electrons. The van der Waals surface area contributed by atoms with Gasteiger partial charge in [0.15, 0.2) is 0 Å². The maximum atomic E-state index is 9.77. The first-order valence-corrected chi connectivity index (χ1v) is 2.46. The minimum atomic E-state index is -1.04. The van der Waals surface area contributed by atoms with E-state index in [2.05, 4.69) is 5.32 Å². The summed E-state index contributed by atoms with van der Waals surface area (Å²) in [6, 6.07) is 0. The molecule has 0 saturated heterocycles. The number of hydrogen-bond acceptors (Lipinski definition) is 3. The molecule has 1 unspecified atom stereocenters. The largest absolute Gasteiger partial charge is 0.478 e. The van der Waals surface area contributed by atoms with Crippen molar-refractivity contribution in [1.82, 2.24) is 5.32 Å². The predicted octanol–water partition coefficient (Wildman–Crippen LogP) is -0.487. The van der Waals surface area contributed by atoms with Crippen LogP contribution in [-0.2, 0) is 4.79 Å². The molecule has 0 aromatic carbocycles. The molecule has 9 heavy (non-hydrogen) atoms. The summed E-state index contributed by atoms with van der Waals surface area (Å²) in [4.78, 5) is 9.77. The molecule has 4 nitrogen and oxygen atoms in total. The van der Waals surface area contributed by atoms with Gasteiger partial charge in [-0.2, -0.15) is 0 Å². The van der Waals surface area contributed by atoms with Gasteiger partial charge >= 0.3 is 5.97 Å². The molecular formula is C5H9NO3. The number of aliphatic hydroxyl groups is 1. The topological polar surface area (TPSA) is 69.6 Å². The highest BCUT2D eigenvalue weighted by Gasteiger charge is 1.86. The van der Waals surface area contributed by atoms with E-state index in [0.29, 0.717) is 0 Å². The van der Waals surface area contributed by atoms with E-state index < -0.39 is 12.2 Å². The van der Waals surface area contributed by atoms with Gasteiger partial charge in [-0.05, 0) is 6.92 Å². The molecule has 0 aromatic rings. The van der Waals surface area contributed by atoms with E-state index in [4.69, 9.17) is 10.2 Å². The molecule has 0 aliphatic carbocycles. The first-order valence-electron chi connectivity index (χ1n) is 2.46. The number of carboxylic acids is 1. The molecule has 0 aliphatic heterocycles. The minimum absolute atomic E-state index is 0.708. The van der Waals surface area contributed by atoms with E-state index in [1.807, 2.05) is 0 Å². The lowest BCUT2D eigenvalue weighted by molar-refractivity contribution is -0.131. The van der Waals surface area contributed by atoms with Gasteiger partial charge in [0.1, 0.15) is 6.23 Å². The Morgan fingerprint density at radius 3 is 2.67 bits per heavy atom. The highest BCUT2D eigenvalue weighted by Crippen LogP contribution is 1.72. The lowest BCUT2D eigenvalue weighted by Crippen LogP contribution is -2.18. The smallest absolute Gasteiger partial charge is 0.329 e. The molecule has 52 valence electrons. The van der Waals surface area contributed by atoms with Crippen LogP contribution in [-0.4, -0.2) is 22.4 Å². The van der Waals surface area contributed by atoms with Gasteiger partial charge in [-0.3, -0.25) is 0 Å². The van der Waals surface area contributed by atoms with Gasteiger partial charge in [0.25, 0.3) is 0 Å². The Balaban J connectivity index is 3.36. The molecule has 0 aromatic heterocycles. The molecule has 4 heteroatoms. The molecule has 0 aliphatic rings. The fourth-order valence-corrected chi connectivity index (χ4v) is 0.259. The van der Waals surface area contributed by atoms with Crippen LogP contribution in [0.1, 0.15) is 6.92 Å². The standard InChI is InChI=1S/C5H9NO3/c1-4(7)6-3-2-5(8)9/h2-4,6-7H,1H3,(H,8,9)/b3-2+. The Kier molecular flexibility index (Phi) is 3.46. The van der Waals surface area contributed by atoms with Gasteiger partial charge in [0.05, 0.1) is 0 Å². The zero-order valence-corrected chi connectivity index (χ0v) is 5.03. The number of carboxylic acid groups (broad SMARTS) is 1. The fourth-order valence-electron chi connectivity index (χ4n) is 0.259. The number of aliphatic carboxylic acids is 1. The zero-order chi connectivity index (χ0) is 7.28. The SMILES string of the molecule is CC(O)N/C=C/C(=O)O. The van der Waals surface area contributed by atoms with Crippen LogP contribution in [0.25, 0.3) is 0 Å². The van der Waals surface area contributed by atoms with Gasteiger partial charge in [0.2, 0.25) is 0 Å². The summed E-state index contributed by atoms with van der Waals surface area (Å²) in [5.74, 6) is -1.04. The Hall–Kier alpha value is -1.03. The van der Waals surface area contributed by atoms with E-state index in [1.54, 1.807) is 0 Å². The number of rotatable bonds is 3. The zero-order valence-electron chi connectivity index (χ0n) is 5.03. The van der Waals surface area contributed by atoms with Gasteiger partial charge in [0, 0.05) is 12.3 Å². The Labute approximate surface area is 52.8 Å². The van der Waals surface area contributed by atoms with Crippen LogP contribution in [0.4, 0.5) is 0 Å². The van der Waals surface area contributed by atoms with Crippen molar-refractivity contribution in [2.75, 3.05) is 0 Å². The van der Waals surface area contributed by atoms with Crippen molar-refractivity contribution in [3.63, 3.8) is 0 Å². The third-order valence-electron chi connectivity index (χ3n) is 0.563. The van der Waals surface area contributed by atoms with Gasteiger partial charge in [-0.15, -0.1) is 0 Å². The highest BCUT2D eigenvalue weighted by molar-refractivity contribution is 5.79. The first kappa shape index (κ1) is 7.97. The summed E-state index contributed by atoms with van der Waals surface area (Å²) >= 11 is 0. The van der Waals surface area contributed by atoms with E-state index in [-0.39, 0.29) is 0 Å².